The molecule has 1 aromatic heterocycles. The average Bonchev–Trinajstić information content (AvgIpc) is 2.25. The van der Waals surface area contributed by atoms with E-state index in [1.54, 1.807) is 0 Å². The second-order valence-corrected chi connectivity index (χ2v) is 3.56. The number of nitro groups is 1. The van der Waals surface area contributed by atoms with E-state index in [2.05, 4.69) is 10.3 Å². The Hall–Kier alpha value is -1.89. The largest absolute Gasteiger partial charge is 0.396 e. The van der Waals surface area contributed by atoms with Crippen LogP contribution in [0.2, 0.25) is 0 Å². The smallest absolute Gasteiger partial charge is 0.276 e. The fourth-order valence-corrected chi connectivity index (χ4v) is 1.08. The van der Waals surface area contributed by atoms with Crippen LogP contribution in [0.25, 0.3) is 0 Å². The van der Waals surface area contributed by atoms with Crippen LogP contribution < -0.4 is 11.1 Å². The number of nitrogens with zero attached hydrogens (tertiary/aromatic N) is 2. The Morgan fingerprint density at radius 1 is 1.69 bits per heavy atom. The van der Waals surface area contributed by atoms with Crippen molar-refractivity contribution >= 4 is 17.3 Å². The lowest BCUT2D eigenvalue weighted by atomic mass is 10.2. The van der Waals surface area contributed by atoms with E-state index >= 15 is 0 Å². The number of hydrogen-bond donors (Lipinski definition) is 3. The molecular weight excluding hydrogens is 212 g/mol. The van der Waals surface area contributed by atoms with Crippen LogP contribution in [0, 0.1) is 16.0 Å². The molecule has 0 amide bonds. The maximum atomic E-state index is 10.6. The number of rotatable bonds is 5. The minimum Gasteiger partial charge on any atom is -0.396 e. The standard InChI is InChI=1S/C9H14N4O3/c1-6(5-14)4-11-9-3-7(13(15)16)2-8(10)12-9/h2-3,6,14H,4-5H2,1H3,(H3,10,11,12). The molecule has 1 unspecified atom stereocenters. The van der Waals surface area contributed by atoms with Crippen LogP contribution in [0.4, 0.5) is 17.3 Å². The van der Waals surface area contributed by atoms with Crippen molar-refractivity contribution < 1.29 is 10.0 Å². The molecule has 1 rings (SSSR count). The number of aliphatic hydroxyl groups is 1. The van der Waals surface area contributed by atoms with Gasteiger partial charge in [-0.25, -0.2) is 4.98 Å². The molecule has 16 heavy (non-hydrogen) atoms. The zero-order valence-electron chi connectivity index (χ0n) is 8.88. The van der Waals surface area contributed by atoms with Gasteiger partial charge in [-0.3, -0.25) is 10.1 Å². The minimum absolute atomic E-state index is 0.0391. The van der Waals surface area contributed by atoms with Crippen molar-refractivity contribution in [3.05, 3.63) is 22.2 Å². The first-order chi connectivity index (χ1) is 7.52. The van der Waals surface area contributed by atoms with Gasteiger partial charge >= 0.3 is 0 Å². The van der Waals surface area contributed by atoms with Crippen LogP contribution in [0.3, 0.4) is 0 Å². The average molecular weight is 226 g/mol. The summed E-state index contributed by atoms with van der Waals surface area (Å²) in [6.45, 7) is 2.36. The molecule has 1 heterocycles. The van der Waals surface area contributed by atoms with Gasteiger partial charge in [-0.05, 0) is 5.92 Å². The highest BCUT2D eigenvalue weighted by atomic mass is 16.6. The van der Waals surface area contributed by atoms with E-state index in [9.17, 15) is 10.1 Å². The molecule has 7 nitrogen and oxygen atoms in total. The molecular formula is C9H14N4O3. The van der Waals surface area contributed by atoms with E-state index in [0.717, 1.165) is 0 Å². The van der Waals surface area contributed by atoms with Gasteiger partial charge in [0.1, 0.15) is 11.6 Å². The third-order valence-corrected chi connectivity index (χ3v) is 1.98. The van der Waals surface area contributed by atoms with E-state index in [1.807, 2.05) is 6.92 Å². The summed E-state index contributed by atoms with van der Waals surface area (Å²) in [5.74, 6) is 0.475. The minimum atomic E-state index is -0.529. The normalized spacial score (nSPS) is 12.1. The Morgan fingerprint density at radius 2 is 2.38 bits per heavy atom. The number of nitrogen functional groups attached to an aromatic ring is 1. The second kappa shape index (κ2) is 5.26. The van der Waals surface area contributed by atoms with Gasteiger partial charge in [0.2, 0.25) is 0 Å². The van der Waals surface area contributed by atoms with Gasteiger partial charge in [0.25, 0.3) is 5.69 Å². The van der Waals surface area contributed by atoms with Crippen molar-refractivity contribution in [1.29, 1.82) is 0 Å². The van der Waals surface area contributed by atoms with Crippen molar-refractivity contribution in [3.63, 3.8) is 0 Å². The first kappa shape index (κ1) is 12.2. The lowest BCUT2D eigenvalue weighted by Gasteiger charge is -2.10. The summed E-state index contributed by atoms with van der Waals surface area (Å²) < 4.78 is 0. The van der Waals surface area contributed by atoms with Gasteiger partial charge < -0.3 is 16.2 Å². The van der Waals surface area contributed by atoms with Crippen LogP contribution in [-0.4, -0.2) is 28.2 Å². The lowest BCUT2D eigenvalue weighted by molar-refractivity contribution is -0.384. The summed E-state index contributed by atoms with van der Waals surface area (Å²) >= 11 is 0. The molecule has 0 aliphatic carbocycles. The summed E-state index contributed by atoms with van der Waals surface area (Å²) in [7, 11) is 0. The lowest BCUT2D eigenvalue weighted by Crippen LogP contribution is -2.15. The number of aromatic nitrogens is 1. The Morgan fingerprint density at radius 3 is 2.94 bits per heavy atom. The molecule has 0 saturated carbocycles. The van der Waals surface area contributed by atoms with E-state index in [4.69, 9.17) is 10.8 Å². The van der Waals surface area contributed by atoms with E-state index < -0.39 is 4.92 Å². The maximum Gasteiger partial charge on any atom is 0.276 e. The quantitative estimate of drug-likeness (QED) is 0.500. The molecule has 0 saturated heterocycles. The zero-order chi connectivity index (χ0) is 12.1. The van der Waals surface area contributed by atoms with Gasteiger partial charge in [-0.2, -0.15) is 0 Å². The van der Waals surface area contributed by atoms with Crippen molar-refractivity contribution in [3.8, 4) is 0 Å². The van der Waals surface area contributed by atoms with Crippen LogP contribution in [-0.2, 0) is 0 Å². The van der Waals surface area contributed by atoms with Crippen molar-refractivity contribution in [1.82, 2.24) is 4.98 Å². The molecule has 0 spiro atoms. The molecule has 0 aliphatic rings. The van der Waals surface area contributed by atoms with Crippen LogP contribution in [0.1, 0.15) is 6.92 Å². The second-order valence-electron chi connectivity index (χ2n) is 3.56. The highest BCUT2D eigenvalue weighted by Crippen LogP contribution is 2.18. The number of anilines is 2. The van der Waals surface area contributed by atoms with Gasteiger partial charge in [0.05, 0.1) is 17.1 Å². The Bertz CT molecular complexity index is 383. The number of nitrogens with two attached hydrogens (primary N) is 1. The molecule has 0 fully saturated rings. The zero-order valence-corrected chi connectivity index (χ0v) is 8.88. The first-order valence-corrected chi connectivity index (χ1v) is 4.79. The Labute approximate surface area is 92.4 Å². The van der Waals surface area contributed by atoms with Crippen molar-refractivity contribution in [2.75, 3.05) is 24.2 Å². The Kier molecular flexibility index (Phi) is 4.01. The van der Waals surface area contributed by atoms with E-state index in [-0.39, 0.29) is 24.0 Å². The maximum absolute atomic E-state index is 10.6. The van der Waals surface area contributed by atoms with Gasteiger partial charge in [-0.1, -0.05) is 6.92 Å². The summed E-state index contributed by atoms with van der Waals surface area (Å²) in [6, 6.07) is 2.50. The monoisotopic (exact) mass is 226 g/mol. The van der Waals surface area contributed by atoms with Crippen LogP contribution in [0.5, 0.6) is 0 Å². The number of aliphatic hydroxyl groups excluding tert-OH is 1. The van der Waals surface area contributed by atoms with Crippen LogP contribution >= 0.6 is 0 Å². The molecule has 7 heteroatoms. The topological polar surface area (TPSA) is 114 Å². The fraction of sp³-hybridized carbons (Fsp3) is 0.444. The molecule has 1 aromatic rings. The molecule has 0 aromatic carbocycles. The molecule has 4 N–H and O–H groups in total. The van der Waals surface area contributed by atoms with E-state index in [1.165, 1.54) is 12.1 Å². The van der Waals surface area contributed by atoms with Gasteiger partial charge in [0.15, 0.2) is 0 Å². The number of pyridine rings is 1. The number of nitrogens with one attached hydrogen (secondary N) is 1. The highest BCUT2D eigenvalue weighted by Gasteiger charge is 2.10. The number of hydrogen-bond acceptors (Lipinski definition) is 6. The predicted molar refractivity (Wildman–Crippen MR) is 60.0 cm³/mol. The predicted octanol–water partition coefficient (Wildman–Crippen LogP) is 0.612. The van der Waals surface area contributed by atoms with Crippen molar-refractivity contribution in [2.24, 2.45) is 5.92 Å². The molecule has 0 radical (unpaired) electrons. The SMILES string of the molecule is CC(CO)CNc1cc([N+](=O)[O-])cc(N)n1. The molecule has 0 aliphatic heterocycles. The molecule has 0 bridgehead atoms. The third kappa shape index (κ3) is 3.35. The van der Waals surface area contributed by atoms with Gasteiger partial charge in [-0.15, -0.1) is 0 Å². The van der Waals surface area contributed by atoms with E-state index in [0.29, 0.717) is 12.4 Å². The molecule has 88 valence electrons. The summed E-state index contributed by atoms with van der Waals surface area (Å²) in [5, 5.41) is 22.2. The Balaban J connectivity index is 2.76. The first-order valence-electron chi connectivity index (χ1n) is 4.79. The summed E-state index contributed by atoms with van der Waals surface area (Å²) in [4.78, 5) is 13.9. The van der Waals surface area contributed by atoms with Gasteiger partial charge in [0, 0.05) is 13.2 Å². The van der Waals surface area contributed by atoms with Crippen molar-refractivity contribution in [2.45, 2.75) is 6.92 Å². The molecule has 1 atom stereocenters. The summed E-state index contributed by atoms with van der Waals surface area (Å²) in [6.07, 6.45) is 0. The third-order valence-electron chi connectivity index (χ3n) is 1.98. The van der Waals surface area contributed by atoms with Crippen LogP contribution in [0.15, 0.2) is 12.1 Å². The highest BCUT2D eigenvalue weighted by molar-refractivity contribution is 5.52. The summed E-state index contributed by atoms with van der Waals surface area (Å²) in [5.41, 5.74) is 5.33. The fourth-order valence-electron chi connectivity index (χ4n) is 1.08.